The zero-order valence-corrected chi connectivity index (χ0v) is 23.8. The van der Waals surface area contributed by atoms with Crippen LogP contribution in [0.3, 0.4) is 0 Å². The SMILES string of the molecule is C[C@H](OCc1ccccc1)[C@@H](NC(=O)C1CCC(CNC(=O)OCC2c3ccccc3-c3ccccc32)CC1)C(=O)O. The van der Waals surface area contributed by atoms with Gasteiger partial charge in [0.2, 0.25) is 5.91 Å². The average molecular weight is 571 g/mol. The lowest BCUT2D eigenvalue weighted by atomic mass is 9.81. The molecule has 5 rings (SSSR count). The lowest BCUT2D eigenvalue weighted by molar-refractivity contribution is -0.147. The molecule has 1 fully saturated rings. The highest BCUT2D eigenvalue weighted by Crippen LogP contribution is 2.44. The van der Waals surface area contributed by atoms with Gasteiger partial charge in [-0.05, 0) is 66.3 Å². The number of carboxylic acids is 1. The molecule has 220 valence electrons. The molecule has 0 bridgehead atoms. The molecule has 0 unspecified atom stereocenters. The van der Waals surface area contributed by atoms with Crippen LogP contribution in [0.25, 0.3) is 11.1 Å². The summed E-state index contributed by atoms with van der Waals surface area (Å²) in [5.41, 5.74) is 5.65. The van der Waals surface area contributed by atoms with Crippen molar-refractivity contribution in [2.24, 2.45) is 11.8 Å². The normalized spacial score (nSPS) is 19.2. The molecule has 3 N–H and O–H groups in total. The van der Waals surface area contributed by atoms with Crippen LogP contribution < -0.4 is 10.6 Å². The van der Waals surface area contributed by atoms with E-state index in [0.717, 1.165) is 18.4 Å². The Labute approximate surface area is 246 Å². The van der Waals surface area contributed by atoms with E-state index in [1.165, 1.54) is 22.3 Å². The summed E-state index contributed by atoms with van der Waals surface area (Å²) in [6, 6.07) is 24.8. The summed E-state index contributed by atoms with van der Waals surface area (Å²) in [6.45, 7) is 2.68. The quantitative estimate of drug-likeness (QED) is 0.280. The fourth-order valence-corrected chi connectivity index (χ4v) is 6.05. The average Bonchev–Trinajstić information content (AvgIpc) is 3.34. The minimum atomic E-state index is -1.13. The zero-order valence-electron chi connectivity index (χ0n) is 23.8. The number of fused-ring (bicyclic) bond motifs is 3. The van der Waals surface area contributed by atoms with Gasteiger partial charge < -0.3 is 25.2 Å². The van der Waals surface area contributed by atoms with Crippen molar-refractivity contribution in [2.75, 3.05) is 13.2 Å². The first-order valence-corrected chi connectivity index (χ1v) is 14.7. The second kappa shape index (κ2) is 13.7. The number of benzene rings is 3. The van der Waals surface area contributed by atoms with E-state index >= 15 is 0 Å². The number of hydrogen-bond donors (Lipinski definition) is 3. The van der Waals surface area contributed by atoms with Crippen molar-refractivity contribution in [1.82, 2.24) is 10.6 Å². The van der Waals surface area contributed by atoms with Gasteiger partial charge in [-0.25, -0.2) is 9.59 Å². The minimum Gasteiger partial charge on any atom is -0.480 e. The lowest BCUT2D eigenvalue weighted by Gasteiger charge is -2.29. The van der Waals surface area contributed by atoms with Crippen molar-refractivity contribution in [3.63, 3.8) is 0 Å². The fourth-order valence-electron chi connectivity index (χ4n) is 6.05. The molecule has 2 amide bonds. The number of rotatable bonds is 11. The maximum atomic E-state index is 12.9. The second-order valence-corrected chi connectivity index (χ2v) is 11.3. The Morgan fingerprint density at radius 1 is 0.857 bits per heavy atom. The van der Waals surface area contributed by atoms with E-state index in [1.54, 1.807) is 6.92 Å². The summed E-state index contributed by atoms with van der Waals surface area (Å²) < 4.78 is 11.4. The molecule has 2 aliphatic rings. The van der Waals surface area contributed by atoms with Gasteiger partial charge >= 0.3 is 12.1 Å². The van der Waals surface area contributed by atoms with Crippen LogP contribution in [0, 0.1) is 11.8 Å². The van der Waals surface area contributed by atoms with Gasteiger partial charge in [0.15, 0.2) is 6.04 Å². The number of hydrogen-bond acceptors (Lipinski definition) is 5. The van der Waals surface area contributed by atoms with Crippen molar-refractivity contribution < 1.29 is 29.0 Å². The van der Waals surface area contributed by atoms with Crippen LogP contribution in [0.5, 0.6) is 0 Å². The van der Waals surface area contributed by atoms with Crippen molar-refractivity contribution in [3.8, 4) is 11.1 Å². The first-order valence-electron chi connectivity index (χ1n) is 14.7. The monoisotopic (exact) mass is 570 g/mol. The smallest absolute Gasteiger partial charge is 0.407 e. The van der Waals surface area contributed by atoms with Crippen molar-refractivity contribution >= 4 is 18.0 Å². The van der Waals surface area contributed by atoms with Gasteiger partial charge in [0, 0.05) is 18.4 Å². The number of ether oxygens (including phenoxy) is 2. The first kappa shape index (κ1) is 29.3. The summed E-state index contributed by atoms with van der Waals surface area (Å²) in [5.74, 6) is -1.40. The van der Waals surface area contributed by atoms with Gasteiger partial charge in [-0.15, -0.1) is 0 Å². The molecule has 8 nitrogen and oxygen atoms in total. The number of carboxylic acid groups (broad SMARTS) is 1. The van der Waals surface area contributed by atoms with E-state index in [-0.39, 0.29) is 36.9 Å². The van der Waals surface area contributed by atoms with Crippen LogP contribution in [0.4, 0.5) is 4.79 Å². The molecule has 0 aromatic heterocycles. The van der Waals surface area contributed by atoms with Gasteiger partial charge in [-0.2, -0.15) is 0 Å². The number of alkyl carbamates (subject to hydrolysis) is 1. The van der Waals surface area contributed by atoms with Gasteiger partial charge in [-0.1, -0.05) is 78.9 Å². The highest BCUT2D eigenvalue weighted by atomic mass is 16.5. The molecule has 0 spiro atoms. The molecule has 3 aromatic rings. The second-order valence-electron chi connectivity index (χ2n) is 11.3. The lowest BCUT2D eigenvalue weighted by Crippen LogP contribution is -2.50. The zero-order chi connectivity index (χ0) is 29.5. The van der Waals surface area contributed by atoms with Crippen molar-refractivity contribution in [1.29, 1.82) is 0 Å². The van der Waals surface area contributed by atoms with E-state index < -0.39 is 24.2 Å². The summed E-state index contributed by atoms with van der Waals surface area (Å²) >= 11 is 0. The Kier molecular flexibility index (Phi) is 9.54. The number of amides is 2. The highest BCUT2D eigenvalue weighted by Gasteiger charge is 2.33. The molecule has 0 saturated heterocycles. The van der Waals surface area contributed by atoms with E-state index in [4.69, 9.17) is 9.47 Å². The molecule has 2 aliphatic carbocycles. The molecular weight excluding hydrogens is 532 g/mol. The van der Waals surface area contributed by atoms with Gasteiger partial charge in [0.1, 0.15) is 6.61 Å². The molecule has 8 heteroatoms. The Balaban J connectivity index is 1.04. The molecule has 0 aliphatic heterocycles. The topological polar surface area (TPSA) is 114 Å². The Hall–Kier alpha value is -4.17. The van der Waals surface area contributed by atoms with E-state index in [9.17, 15) is 19.5 Å². The molecule has 3 aromatic carbocycles. The minimum absolute atomic E-state index is 0.0122. The van der Waals surface area contributed by atoms with Gasteiger partial charge in [-0.3, -0.25) is 4.79 Å². The van der Waals surface area contributed by atoms with Crippen LogP contribution >= 0.6 is 0 Å². The van der Waals surface area contributed by atoms with Crippen LogP contribution in [0.15, 0.2) is 78.9 Å². The number of carbonyl (C=O) groups excluding carboxylic acids is 2. The molecule has 1 saturated carbocycles. The summed E-state index contributed by atoms with van der Waals surface area (Å²) in [5, 5.41) is 15.3. The first-order chi connectivity index (χ1) is 20.4. The fraction of sp³-hybridized carbons (Fsp3) is 0.382. The maximum Gasteiger partial charge on any atom is 0.407 e. The van der Waals surface area contributed by atoms with Gasteiger partial charge in [0.25, 0.3) is 0 Å². The Morgan fingerprint density at radius 2 is 1.45 bits per heavy atom. The third kappa shape index (κ3) is 6.99. The maximum absolute atomic E-state index is 12.9. The third-order valence-electron chi connectivity index (χ3n) is 8.49. The summed E-state index contributed by atoms with van der Waals surface area (Å²) in [7, 11) is 0. The van der Waals surface area contributed by atoms with Crippen LogP contribution in [0.1, 0.15) is 55.2 Å². The van der Waals surface area contributed by atoms with Crippen LogP contribution in [-0.4, -0.2) is 48.4 Å². The number of nitrogens with one attached hydrogen (secondary N) is 2. The predicted molar refractivity (Wildman–Crippen MR) is 159 cm³/mol. The molecule has 42 heavy (non-hydrogen) atoms. The molecular formula is C34H38N2O6. The van der Waals surface area contributed by atoms with Crippen molar-refractivity contribution in [3.05, 3.63) is 95.6 Å². The third-order valence-corrected chi connectivity index (χ3v) is 8.49. The predicted octanol–water partition coefficient (Wildman–Crippen LogP) is 5.51. The number of carbonyl (C=O) groups is 3. The number of aliphatic carboxylic acids is 1. The Bertz CT molecular complexity index is 1340. The molecule has 2 atom stereocenters. The summed E-state index contributed by atoms with van der Waals surface area (Å²) in [6.07, 6.45) is 1.66. The molecule has 0 heterocycles. The summed E-state index contributed by atoms with van der Waals surface area (Å²) in [4.78, 5) is 37.4. The molecule has 0 radical (unpaired) electrons. The van der Waals surface area contributed by atoms with E-state index in [1.807, 2.05) is 54.6 Å². The largest absolute Gasteiger partial charge is 0.480 e. The Morgan fingerprint density at radius 3 is 2.07 bits per heavy atom. The standard InChI is InChI=1S/C34H38N2O6/c1-22(41-20-24-9-3-2-4-10-24)31(33(38)39)36-32(37)25-17-15-23(16-18-25)19-35-34(40)42-21-30-28-13-7-5-11-26(28)27-12-6-8-14-29(27)30/h2-14,22-23,25,30-31H,15-21H2,1H3,(H,35,40)(H,36,37)(H,38,39)/t22-,23?,25?,31+/m0/s1. The van der Waals surface area contributed by atoms with Crippen molar-refractivity contribution in [2.45, 2.75) is 57.3 Å². The van der Waals surface area contributed by atoms with E-state index in [2.05, 4.69) is 34.9 Å². The van der Waals surface area contributed by atoms with E-state index in [0.29, 0.717) is 19.4 Å². The van der Waals surface area contributed by atoms with Crippen LogP contribution in [-0.2, 0) is 25.7 Å². The van der Waals surface area contributed by atoms with Crippen LogP contribution in [0.2, 0.25) is 0 Å². The van der Waals surface area contributed by atoms with Gasteiger partial charge in [0.05, 0.1) is 12.7 Å². The highest BCUT2D eigenvalue weighted by molar-refractivity contribution is 5.85.